The lowest BCUT2D eigenvalue weighted by Crippen LogP contribution is -2.23. The molecule has 0 aliphatic heterocycles. The number of carbonyl (C=O) groups is 1. The van der Waals surface area contributed by atoms with Crippen LogP contribution in [0.25, 0.3) is 10.9 Å². The van der Waals surface area contributed by atoms with Crippen molar-refractivity contribution >= 4 is 22.5 Å². The van der Waals surface area contributed by atoms with Gasteiger partial charge in [-0.3, -0.25) is 4.79 Å². The number of methoxy groups -OCH3 is 3. The maximum atomic E-state index is 12.7. The molecular weight excluding hydrogens is 358 g/mol. The maximum absolute atomic E-state index is 12.7. The molecule has 1 heterocycles. The first-order chi connectivity index (χ1) is 13.6. The number of aromatic nitrogens is 1. The van der Waals surface area contributed by atoms with Crippen LogP contribution in [-0.2, 0) is 11.2 Å². The largest absolute Gasteiger partial charge is 0.493 e. The highest BCUT2D eigenvalue weighted by atomic mass is 16.5. The van der Waals surface area contributed by atoms with Crippen LogP contribution in [-0.4, -0.2) is 32.2 Å². The first-order valence-corrected chi connectivity index (χ1v) is 8.66. The van der Waals surface area contributed by atoms with Crippen LogP contribution in [0.3, 0.4) is 0 Å². The van der Waals surface area contributed by atoms with Crippen LogP contribution >= 0.6 is 0 Å². The summed E-state index contributed by atoms with van der Waals surface area (Å²) in [7, 11) is 4.50. The van der Waals surface area contributed by atoms with Gasteiger partial charge in [0, 0.05) is 34.9 Å². The summed E-state index contributed by atoms with van der Waals surface area (Å²) in [6, 6.07) is 13.1. The zero-order valence-electron chi connectivity index (χ0n) is 15.9. The summed E-state index contributed by atoms with van der Waals surface area (Å²) in [6.07, 6.45) is 2.15. The van der Waals surface area contributed by atoms with Gasteiger partial charge in [-0.1, -0.05) is 12.1 Å². The number of H-pyrrole nitrogens is 1. The van der Waals surface area contributed by atoms with Crippen molar-refractivity contribution in [2.24, 2.45) is 5.92 Å². The molecule has 0 bridgehead atoms. The van der Waals surface area contributed by atoms with E-state index in [0.717, 1.165) is 16.5 Å². The van der Waals surface area contributed by atoms with Crippen molar-refractivity contribution in [3.8, 4) is 23.3 Å². The number of benzene rings is 2. The van der Waals surface area contributed by atoms with E-state index < -0.39 is 11.8 Å². The number of nitriles is 1. The summed E-state index contributed by atoms with van der Waals surface area (Å²) in [5.41, 5.74) is 2.36. The van der Waals surface area contributed by atoms with Gasteiger partial charge in [0.1, 0.15) is 5.92 Å². The average molecular weight is 379 g/mol. The van der Waals surface area contributed by atoms with Gasteiger partial charge < -0.3 is 24.5 Å². The molecule has 7 nitrogen and oxygen atoms in total. The average Bonchev–Trinajstić information content (AvgIpc) is 3.20. The molecule has 3 rings (SSSR count). The number of amides is 1. The van der Waals surface area contributed by atoms with Crippen molar-refractivity contribution in [3.63, 3.8) is 0 Å². The van der Waals surface area contributed by atoms with E-state index in [1.165, 1.54) is 21.3 Å². The molecule has 3 aromatic rings. The van der Waals surface area contributed by atoms with Crippen LogP contribution < -0.4 is 19.5 Å². The lowest BCUT2D eigenvalue weighted by atomic mass is 9.97. The molecule has 2 N–H and O–H groups in total. The molecule has 0 spiro atoms. The summed E-state index contributed by atoms with van der Waals surface area (Å²) >= 11 is 0. The van der Waals surface area contributed by atoms with Crippen molar-refractivity contribution in [2.45, 2.75) is 6.42 Å². The zero-order valence-corrected chi connectivity index (χ0v) is 15.9. The molecule has 0 aliphatic carbocycles. The Morgan fingerprint density at radius 2 is 1.86 bits per heavy atom. The van der Waals surface area contributed by atoms with E-state index in [0.29, 0.717) is 29.4 Å². The van der Waals surface area contributed by atoms with E-state index >= 15 is 0 Å². The highest BCUT2D eigenvalue weighted by molar-refractivity contribution is 5.95. The Morgan fingerprint density at radius 1 is 1.14 bits per heavy atom. The molecular formula is C21H21N3O4. The lowest BCUT2D eigenvalue weighted by Gasteiger charge is -2.16. The van der Waals surface area contributed by atoms with Gasteiger partial charge in [0.2, 0.25) is 11.7 Å². The van der Waals surface area contributed by atoms with Crippen molar-refractivity contribution in [1.29, 1.82) is 5.26 Å². The second-order valence-electron chi connectivity index (χ2n) is 6.15. The van der Waals surface area contributed by atoms with Gasteiger partial charge in [-0.05, 0) is 24.1 Å². The monoisotopic (exact) mass is 379 g/mol. The Morgan fingerprint density at radius 3 is 2.46 bits per heavy atom. The molecule has 1 unspecified atom stereocenters. The molecule has 0 saturated carbocycles. The number of fused-ring (bicyclic) bond motifs is 1. The number of nitrogens with one attached hydrogen (secondary N) is 2. The normalized spacial score (nSPS) is 11.5. The third-order valence-electron chi connectivity index (χ3n) is 4.51. The van der Waals surface area contributed by atoms with Crippen LogP contribution in [0, 0.1) is 17.2 Å². The molecule has 0 aliphatic rings. The number of anilines is 1. The SMILES string of the molecule is COc1cc(NC(=O)C(C#N)Cc2cccc3[nH]ccc23)cc(OC)c1OC. The Bertz CT molecular complexity index is 1010. The molecule has 2 aromatic carbocycles. The Labute approximate surface area is 162 Å². The van der Waals surface area contributed by atoms with Crippen LogP contribution in [0.2, 0.25) is 0 Å². The quantitative estimate of drug-likeness (QED) is 0.655. The number of hydrogen-bond acceptors (Lipinski definition) is 5. The van der Waals surface area contributed by atoms with Crippen LogP contribution in [0.4, 0.5) is 5.69 Å². The number of nitrogens with zero attached hydrogens (tertiary/aromatic N) is 1. The highest BCUT2D eigenvalue weighted by Crippen LogP contribution is 2.40. The first-order valence-electron chi connectivity index (χ1n) is 8.66. The molecule has 0 fully saturated rings. The van der Waals surface area contributed by atoms with E-state index in [9.17, 15) is 10.1 Å². The number of rotatable bonds is 7. The molecule has 144 valence electrons. The molecule has 1 atom stereocenters. The Hall–Kier alpha value is -3.66. The summed E-state index contributed by atoms with van der Waals surface area (Å²) < 4.78 is 15.9. The minimum atomic E-state index is -0.848. The Kier molecular flexibility index (Phi) is 5.70. The van der Waals surface area contributed by atoms with Crippen molar-refractivity contribution in [3.05, 3.63) is 48.2 Å². The van der Waals surface area contributed by atoms with Gasteiger partial charge >= 0.3 is 0 Å². The van der Waals surface area contributed by atoms with Gasteiger partial charge in [0.15, 0.2) is 11.5 Å². The number of ether oxygens (including phenoxy) is 3. The van der Waals surface area contributed by atoms with Crippen LogP contribution in [0.5, 0.6) is 17.2 Å². The lowest BCUT2D eigenvalue weighted by molar-refractivity contribution is -0.118. The topological polar surface area (TPSA) is 96.4 Å². The number of carbonyl (C=O) groups excluding carboxylic acids is 1. The number of aromatic amines is 1. The summed E-state index contributed by atoms with van der Waals surface area (Å²) in [6.45, 7) is 0. The van der Waals surface area contributed by atoms with Crippen molar-refractivity contribution < 1.29 is 19.0 Å². The van der Waals surface area contributed by atoms with Crippen molar-refractivity contribution in [2.75, 3.05) is 26.6 Å². The fourth-order valence-electron chi connectivity index (χ4n) is 3.13. The standard InChI is InChI=1S/C21H21N3O4/c1-26-18-10-15(11-19(27-2)20(18)28-3)24-21(25)14(12-22)9-13-5-4-6-17-16(13)7-8-23-17/h4-8,10-11,14,23H,9H2,1-3H3,(H,24,25). The van der Waals surface area contributed by atoms with E-state index in [-0.39, 0.29) is 0 Å². The smallest absolute Gasteiger partial charge is 0.242 e. The maximum Gasteiger partial charge on any atom is 0.242 e. The third kappa shape index (κ3) is 3.71. The molecule has 0 saturated heterocycles. The fraction of sp³-hybridized carbons (Fsp3) is 0.238. The summed E-state index contributed by atoms with van der Waals surface area (Å²) in [4.78, 5) is 15.9. The Balaban J connectivity index is 1.83. The van der Waals surface area contributed by atoms with Gasteiger partial charge in [0.05, 0.1) is 27.4 Å². The first kappa shape index (κ1) is 19.1. The van der Waals surface area contributed by atoms with E-state index in [1.54, 1.807) is 12.1 Å². The van der Waals surface area contributed by atoms with Gasteiger partial charge in [0.25, 0.3) is 0 Å². The van der Waals surface area contributed by atoms with Crippen molar-refractivity contribution in [1.82, 2.24) is 4.98 Å². The molecule has 1 amide bonds. The predicted octanol–water partition coefficient (Wildman–Crippen LogP) is 3.51. The fourth-order valence-corrected chi connectivity index (χ4v) is 3.13. The van der Waals surface area contributed by atoms with E-state index in [1.807, 2.05) is 30.5 Å². The second-order valence-corrected chi connectivity index (χ2v) is 6.15. The van der Waals surface area contributed by atoms with Gasteiger partial charge in [-0.25, -0.2) is 0 Å². The third-order valence-corrected chi connectivity index (χ3v) is 4.51. The second kappa shape index (κ2) is 8.35. The van der Waals surface area contributed by atoms with E-state index in [4.69, 9.17) is 14.2 Å². The van der Waals surface area contributed by atoms with E-state index in [2.05, 4.69) is 16.4 Å². The minimum Gasteiger partial charge on any atom is -0.493 e. The van der Waals surface area contributed by atoms with Crippen LogP contribution in [0.1, 0.15) is 5.56 Å². The summed E-state index contributed by atoms with van der Waals surface area (Å²) in [5.74, 6) is 0.0216. The highest BCUT2D eigenvalue weighted by Gasteiger charge is 2.21. The molecule has 1 aromatic heterocycles. The zero-order chi connectivity index (χ0) is 20.1. The number of hydrogen-bond donors (Lipinski definition) is 2. The molecule has 7 heteroatoms. The predicted molar refractivity (Wildman–Crippen MR) is 106 cm³/mol. The van der Waals surface area contributed by atoms with Crippen LogP contribution in [0.15, 0.2) is 42.6 Å². The van der Waals surface area contributed by atoms with Gasteiger partial charge in [-0.15, -0.1) is 0 Å². The molecule has 28 heavy (non-hydrogen) atoms. The van der Waals surface area contributed by atoms with Gasteiger partial charge in [-0.2, -0.15) is 5.26 Å². The minimum absolute atomic E-state index is 0.307. The summed E-state index contributed by atoms with van der Waals surface area (Å²) in [5, 5.41) is 13.3. The molecule has 0 radical (unpaired) electrons.